The molecule has 14 heavy (non-hydrogen) atoms. The zero-order chi connectivity index (χ0) is 10.2. The highest BCUT2D eigenvalue weighted by atomic mass is 14.7. The van der Waals surface area contributed by atoms with Crippen LogP contribution in [-0.4, -0.2) is 6.54 Å². The van der Waals surface area contributed by atoms with Gasteiger partial charge in [0.2, 0.25) is 0 Å². The first-order valence-electron chi connectivity index (χ1n) is 5.38. The number of rotatable bonds is 3. The summed E-state index contributed by atoms with van der Waals surface area (Å²) in [5, 5.41) is 0. The van der Waals surface area contributed by atoms with Crippen molar-refractivity contribution in [2.45, 2.75) is 32.1 Å². The Bertz CT molecular complexity index is 309. The summed E-state index contributed by atoms with van der Waals surface area (Å²) >= 11 is 0. The van der Waals surface area contributed by atoms with Crippen molar-refractivity contribution < 1.29 is 0 Å². The smallest absolute Gasteiger partial charge is 0.00168 e. The molecule has 76 valence electrons. The SMILES string of the molecule is CC(C)(CN)C1(c2ccccc2)CC1. The normalized spacial score (nSPS) is 19.4. The molecule has 0 bridgehead atoms. The average molecular weight is 189 g/mol. The first kappa shape index (κ1) is 9.72. The maximum Gasteiger partial charge on any atom is 0.00168 e. The molecule has 0 unspecified atom stereocenters. The first-order chi connectivity index (χ1) is 6.62. The highest BCUT2D eigenvalue weighted by Crippen LogP contribution is 2.59. The van der Waals surface area contributed by atoms with Crippen LogP contribution in [-0.2, 0) is 5.41 Å². The topological polar surface area (TPSA) is 26.0 Å². The van der Waals surface area contributed by atoms with Crippen molar-refractivity contribution in [2.24, 2.45) is 11.1 Å². The van der Waals surface area contributed by atoms with E-state index in [1.165, 1.54) is 18.4 Å². The summed E-state index contributed by atoms with van der Waals surface area (Å²) in [5.74, 6) is 0. The fourth-order valence-corrected chi connectivity index (χ4v) is 2.43. The summed E-state index contributed by atoms with van der Waals surface area (Å²) in [7, 11) is 0. The van der Waals surface area contributed by atoms with Crippen LogP contribution >= 0.6 is 0 Å². The summed E-state index contributed by atoms with van der Waals surface area (Å²) in [4.78, 5) is 0. The van der Waals surface area contributed by atoms with Gasteiger partial charge in [0.15, 0.2) is 0 Å². The lowest BCUT2D eigenvalue weighted by atomic mass is 9.72. The molecule has 0 aromatic heterocycles. The molecule has 2 rings (SSSR count). The summed E-state index contributed by atoms with van der Waals surface area (Å²) < 4.78 is 0. The van der Waals surface area contributed by atoms with Crippen LogP contribution in [0, 0.1) is 5.41 Å². The molecule has 1 aromatic carbocycles. The monoisotopic (exact) mass is 189 g/mol. The van der Waals surface area contributed by atoms with E-state index >= 15 is 0 Å². The molecule has 1 aliphatic rings. The Kier molecular flexibility index (Phi) is 2.15. The quantitative estimate of drug-likeness (QED) is 0.777. The van der Waals surface area contributed by atoms with E-state index in [0.717, 1.165) is 6.54 Å². The molecular weight excluding hydrogens is 170 g/mol. The second kappa shape index (κ2) is 3.09. The van der Waals surface area contributed by atoms with E-state index in [9.17, 15) is 0 Å². The maximum atomic E-state index is 5.87. The largest absolute Gasteiger partial charge is 0.330 e. The molecule has 1 aliphatic carbocycles. The Balaban J connectivity index is 2.35. The van der Waals surface area contributed by atoms with Crippen molar-refractivity contribution in [2.75, 3.05) is 6.54 Å². The van der Waals surface area contributed by atoms with E-state index in [2.05, 4.69) is 44.2 Å². The molecule has 0 spiro atoms. The number of hydrogen-bond acceptors (Lipinski definition) is 1. The molecule has 0 amide bonds. The molecule has 0 heterocycles. The molecule has 1 fully saturated rings. The van der Waals surface area contributed by atoms with Crippen LogP contribution in [0.25, 0.3) is 0 Å². The van der Waals surface area contributed by atoms with Gasteiger partial charge in [0.25, 0.3) is 0 Å². The van der Waals surface area contributed by atoms with Crippen LogP contribution in [0.2, 0.25) is 0 Å². The number of hydrogen-bond donors (Lipinski definition) is 1. The van der Waals surface area contributed by atoms with Crippen LogP contribution in [0.5, 0.6) is 0 Å². The Hall–Kier alpha value is -0.820. The zero-order valence-corrected chi connectivity index (χ0v) is 9.09. The molecular formula is C13H19N. The van der Waals surface area contributed by atoms with Gasteiger partial charge in [-0.15, -0.1) is 0 Å². The third-order valence-electron chi connectivity index (χ3n) is 3.88. The van der Waals surface area contributed by atoms with Gasteiger partial charge in [-0.3, -0.25) is 0 Å². The Morgan fingerprint density at radius 2 is 1.79 bits per heavy atom. The second-order valence-electron chi connectivity index (χ2n) is 5.04. The molecule has 1 heteroatoms. The molecule has 0 saturated heterocycles. The first-order valence-corrected chi connectivity index (χ1v) is 5.38. The van der Waals surface area contributed by atoms with E-state index in [4.69, 9.17) is 5.73 Å². The molecule has 1 aromatic rings. The minimum Gasteiger partial charge on any atom is -0.330 e. The van der Waals surface area contributed by atoms with E-state index in [1.54, 1.807) is 0 Å². The van der Waals surface area contributed by atoms with Gasteiger partial charge in [0.05, 0.1) is 0 Å². The van der Waals surface area contributed by atoms with Gasteiger partial charge in [0.1, 0.15) is 0 Å². The van der Waals surface area contributed by atoms with Crippen LogP contribution < -0.4 is 5.73 Å². The molecule has 0 radical (unpaired) electrons. The van der Waals surface area contributed by atoms with Crippen LogP contribution in [0.15, 0.2) is 30.3 Å². The van der Waals surface area contributed by atoms with E-state index < -0.39 is 0 Å². The van der Waals surface area contributed by atoms with Crippen molar-refractivity contribution in [1.29, 1.82) is 0 Å². The minimum atomic E-state index is 0.231. The average Bonchev–Trinajstić information content (AvgIpc) is 3.00. The van der Waals surface area contributed by atoms with Crippen molar-refractivity contribution in [3.63, 3.8) is 0 Å². The molecule has 0 atom stereocenters. The van der Waals surface area contributed by atoms with Gasteiger partial charge in [-0.1, -0.05) is 44.2 Å². The van der Waals surface area contributed by atoms with Crippen molar-refractivity contribution >= 4 is 0 Å². The Morgan fingerprint density at radius 3 is 2.21 bits per heavy atom. The third-order valence-corrected chi connectivity index (χ3v) is 3.88. The van der Waals surface area contributed by atoms with Crippen LogP contribution in [0.1, 0.15) is 32.3 Å². The number of benzene rings is 1. The molecule has 1 saturated carbocycles. The fraction of sp³-hybridized carbons (Fsp3) is 0.538. The summed E-state index contributed by atoms with van der Waals surface area (Å²) in [5.41, 5.74) is 7.93. The predicted molar refractivity (Wildman–Crippen MR) is 60.2 cm³/mol. The van der Waals surface area contributed by atoms with E-state index in [-0.39, 0.29) is 5.41 Å². The third kappa shape index (κ3) is 1.27. The zero-order valence-electron chi connectivity index (χ0n) is 9.09. The van der Waals surface area contributed by atoms with Crippen LogP contribution in [0.3, 0.4) is 0 Å². The fourth-order valence-electron chi connectivity index (χ4n) is 2.43. The summed E-state index contributed by atoms with van der Waals surface area (Å²) in [6.07, 6.45) is 2.59. The predicted octanol–water partition coefficient (Wildman–Crippen LogP) is 2.70. The van der Waals surface area contributed by atoms with Crippen molar-refractivity contribution in [1.82, 2.24) is 0 Å². The maximum absolute atomic E-state index is 5.87. The van der Waals surface area contributed by atoms with E-state index in [1.807, 2.05) is 0 Å². The van der Waals surface area contributed by atoms with Gasteiger partial charge in [-0.25, -0.2) is 0 Å². The van der Waals surface area contributed by atoms with Crippen molar-refractivity contribution in [3.05, 3.63) is 35.9 Å². The second-order valence-corrected chi connectivity index (χ2v) is 5.04. The standard InChI is InChI=1S/C13H19N/c1-12(2,10-14)13(8-9-13)11-6-4-3-5-7-11/h3-7H,8-10,14H2,1-2H3. The van der Waals surface area contributed by atoms with Gasteiger partial charge in [-0.2, -0.15) is 0 Å². The van der Waals surface area contributed by atoms with Gasteiger partial charge >= 0.3 is 0 Å². The van der Waals surface area contributed by atoms with Crippen LogP contribution in [0.4, 0.5) is 0 Å². The van der Waals surface area contributed by atoms with Crippen molar-refractivity contribution in [3.8, 4) is 0 Å². The number of nitrogens with two attached hydrogens (primary N) is 1. The Morgan fingerprint density at radius 1 is 1.21 bits per heavy atom. The highest BCUT2D eigenvalue weighted by Gasteiger charge is 2.54. The lowest BCUT2D eigenvalue weighted by Crippen LogP contribution is -2.36. The lowest BCUT2D eigenvalue weighted by Gasteiger charge is -2.34. The molecule has 2 N–H and O–H groups in total. The van der Waals surface area contributed by atoms with Gasteiger partial charge in [-0.05, 0) is 30.4 Å². The minimum absolute atomic E-state index is 0.231. The molecule has 1 nitrogen and oxygen atoms in total. The highest BCUT2D eigenvalue weighted by molar-refractivity contribution is 5.34. The Labute approximate surface area is 86.3 Å². The molecule has 0 aliphatic heterocycles. The summed E-state index contributed by atoms with van der Waals surface area (Å²) in [6, 6.07) is 10.8. The summed E-state index contributed by atoms with van der Waals surface area (Å²) in [6.45, 7) is 5.34. The van der Waals surface area contributed by atoms with Gasteiger partial charge in [0, 0.05) is 5.41 Å². The lowest BCUT2D eigenvalue weighted by molar-refractivity contribution is 0.275. The van der Waals surface area contributed by atoms with E-state index in [0.29, 0.717) is 5.41 Å². The van der Waals surface area contributed by atoms with Gasteiger partial charge < -0.3 is 5.73 Å².